The summed E-state index contributed by atoms with van der Waals surface area (Å²) in [4.78, 5) is 97.8. The van der Waals surface area contributed by atoms with Gasteiger partial charge in [-0.15, -0.1) is 0 Å². The molecule has 0 aliphatic carbocycles. The fraction of sp³-hybridized carbons (Fsp3) is 0.639. The van der Waals surface area contributed by atoms with Gasteiger partial charge in [0.25, 0.3) is 0 Å². The summed E-state index contributed by atoms with van der Waals surface area (Å²) in [5.41, 5.74) is 23.7. The molecule has 20 nitrogen and oxygen atoms in total. The van der Waals surface area contributed by atoms with Gasteiger partial charge >= 0.3 is 0 Å². The molecule has 0 fully saturated rings. The number of aromatic nitrogens is 4. The van der Waals surface area contributed by atoms with E-state index in [0.29, 0.717) is 49.9 Å². The third kappa shape index (κ3) is 17.0. The SMILES string of the molecule is CC[C@H](C)[C@H](NC(=O)[C@H](CCCCN)NC(=O)[C@@H](N)Cc1cnc[nH]1)C(=O)N[C@@H](CC(C)C)C(=O)N[C@@H](Cc1cnc[nH]1)C(=O)N[C@H](C=O)CCCN=C(N)N. The van der Waals surface area contributed by atoms with Crippen LogP contribution in [0, 0.1) is 11.8 Å². The minimum absolute atomic E-state index is 0.00780. The van der Waals surface area contributed by atoms with Gasteiger partial charge in [0.2, 0.25) is 29.5 Å². The zero-order valence-corrected chi connectivity index (χ0v) is 32.9. The number of nitrogens with one attached hydrogen (secondary N) is 7. The largest absolute Gasteiger partial charge is 0.370 e. The van der Waals surface area contributed by atoms with Crippen molar-refractivity contribution < 1.29 is 28.8 Å². The van der Waals surface area contributed by atoms with Crippen LogP contribution in [0.3, 0.4) is 0 Å². The molecule has 0 aliphatic rings. The maximum atomic E-state index is 14.0. The predicted octanol–water partition coefficient (Wildman–Crippen LogP) is -1.86. The van der Waals surface area contributed by atoms with E-state index in [4.69, 9.17) is 22.9 Å². The molecule has 2 rings (SSSR count). The monoisotopic (exact) mass is 786 g/mol. The second-order valence-corrected chi connectivity index (χ2v) is 14.3. The molecular formula is C36H62N14O6. The number of hydrogen-bond donors (Lipinski definition) is 11. The van der Waals surface area contributed by atoms with Crippen molar-refractivity contribution in [3.63, 3.8) is 0 Å². The van der Waals surface area contributed by atoms with E-state index in [0.717, 1.165) is 0 Å². The normalized spacial score (nSPS) is 14.9. The van der Waals surface area contributed by atoms with Crippen LogP contribution in [0.15, 0.2) is 30.0 Å². The number of hydrogen-bond acceptors (Lipinski definition) is 11. The summed E-state index contributed by atoms with van der Waals surface area (Å²) in [6, 6.07) is -6.20. The first-order valence-corrected chi connectivity index (χ1v) is 19.1. The second-order valence-electron chi connectivity index (χ2n) is 14.3. The highest BCUT2D eigenvalue weighted by molar-refractivity contribution is 5.96. The first kappa shape index (κ1) is 46.8. The molecule has 2 aromatic heterocycles. The molecule has 0 unspecified atom stereocenters. The quantitative estimate of drug-likeness (QED) is 0.0206. The third-order valence-corrected chi connectivity index (χ3v) is 9.12. The Kier molecular flexibility index (Phi) is 20.8. The number of carbonyl (C=O) groups excluding carboxylic acids is 6. The molecule has 56 heavy (non-hydrogen) atoms. The molecular weight excluding hydrogens is 724 g/mol. The molecule has 0 radical (unpaired) electrons. The lowest BCUT2D eigenvalue weighted by Crippen LogP contribution is -2.60. The van der Waals surface area contributed by atoms with Gasteiger partial charge in [0, 0.05) is 43.2 Å². The fourth-order valence-electron chi connectivity index (χ4n) is 5.76. The summed E-state index contributed by atoms with van der Waals surface area (Å²) in [6.07, 6.45) is 9.48. The summed E-state index contributed by atoms with van der Waals surface area (Å²) < 4.78 is 0. The van der Waals surface area contributed by atoms with E-state index in [1.54, 1.807) is 13.1 Å². The van der Waals surface area contributed by atoms with Gasteiger partial charge in [0.05, 0.1) is 24.7 Å². The molecule has 7 atom stereocenters. The summed E-state index contributed by atoms with van der Waals surface area (Å²) in [7, 11) is 0. The molecule has 2 aromatic rings. The van der Waals surface area contributed by atoms with Crippen LogP contribution in [-0.2, 0) is 41.6 Å². The molecule has 0 aromatic carbocycles. The van der Waals surface area contributed by atoms with Gasteiger partial charge in [-0.05, 0) is 56.9 Å². The van der Waals surface area contributed by atoms with Crippen molar-refractivity contribution in [2.45, 2.75) is 122 Å². The zero-order valence-electron chi connectivity index (χ0n) is 32.9. The Labute approximate surface area is 327 Å². The Morgan fingerprint density at radius 1 is 0.768 bits per heavy atom. The van der Waals surface area contributed by atoms with E-state index < -0.39 is 65.8 Å². The van der Waals surface area contributed by atoms with Gasteiger partial charge in [-0.2, -0.15) is 0 Å². The zero-order chi connectivity index (χ0) is 41.6. The number of unbranched alkanes of at least 4 members (excludes halogenated alkanes) is 1. The van der Waals surface area contributed by atoms with Gasteiger partial charge in [-0.3, -0.25) is 29.0 Å². The number of guanidine groups is 1. The average Bonchev–Trinajstić information content (AvgIpc) is 3.88. The van der Waals surface area contributed by atoms with Crippen LogP contribution in [0.25, 0.3) is 0 Å². The number of carbonyl (C=O) groups is 6. The number of rotatable bonds is 27. The van der Waals surface area contributed by atoms with Crippen molar-refractivity contribution in [1.29, 1.82) is 0 Å². The lowest BCUT2D eigenvalue weighted by molar-refractivity contribution is -0.136. The van der Waals surface area contributed by atoms with Crippen LogP contribution in [0.4, 0.5) is 0 Å². The van der Waals surface area contributed by atoms with Crippen molar-refractivity contribution in [3.05, 3.63) is 36.4 Å². The molecule has 15 N–H and O–H groups in total. The lowest BCUT2D eigenvalue weighted by Gasteiger charge is -2.30. The van der Waals surface area contributed by atoms with Crippen molar-refractivity contribution in [2.24, 2.45) is 39.8 Å². The van der Waals surface area contributed by atoms with Crippen LogP contribution in [-0.4, -0.2) is 111 Å². The minimum atomic E-state index is -1.16. The van der Waals surface area contributed by atoms with E-state index in [-0.39, 0.29) is 56.4 Å². The summed E-state index contributed by atoms with van der Waals surface area (Å²) in [5.74, 6) is -3.57. The Morgan fingerprint density at radius 3 is 1.91 bits per heavy atom. The topological polar surface area (TPSA) is 336 Å². The fourth-order valence-corrected chi connectivity index (χ4v) is 5.76. The van der Waals surface area contributed by atoms with Gasteiger partial charge in [0.15, 0.2) is 5.96 Å². The predicted molar refractivity (Wildman–Crippen MR) is 210 cm³/mol. The van der Waals surface area contributed by atoms with E-state index in [9.17, 15) is 28.8 Å². The number of aromatic amines is 2. The third-order valence-electron chi connectivity index (χ3n) is 9.12. The molecule has 0 aliphatic heterocycles. The Bertz CT molecular complexity index is 1530. The Balaban J connectivity index is 2.25. The first-order valence-electron chi connectivity index (χ1n) is 19.1. The van der Waals surface area contributed by atoms with E-state index in [1.165, 1.54) is 18.9 Å². The van der Waals surface area contributed by atoms with Crippen LogP contribution < -0.4 is 49.5 Å². The lowest BCUT2D eigenvalue weighted by atomic mass is 9.96. The van der Waals surface area contributed by atoms with Gasteiger partial charge in [-0.25, -0.2) is 9.97 Å². The van der Waals surface area contributed by atoms with Crippen LogP contribution in [0.1, 0.15) is 84.0 Å². The molecule has 5 amide bonds. The molecule has 312 valence electrons. The van der Waals surface area contributed by atoms with E-state index in [1.807, 2.05) is 20.8 Å². The maximum absolute atomic E-state index is 14.0. The number of aldehydes is 1. The molecule has 0 saturated carbocycles. The van der Waals surface area contributed by atoms with Crippen molar-refractivity contribution in [3.8, 4) is 0 Å². The number of aliphatic imine (C=N–C) groups is 1. The molecule has 0 spiro atoms. The van der Waals surface area contributed by atoms with Gasteiger partial charge in [-0.1, -0.05) is 34.1 Å². The van der Waals surface area contributed by atoms with E-state index >= 15 is 0 Å². The highest BCUT2D eigenvalue weighted by atomic mass is 16.2. The number of imidazole rings is 2. The number of amides is 5. The molecule has 0 bridgehead atoms. The second kappa shape index (κ2) is 24.9. The summed E-state index contributed by atoms with van der Waals surface area (Å²) >= 11 is 0. The minimum Gasteiger partial charge on any atom is -0.370 e. The standard InChI is InChI=1S/C36H62N14O6/c1-5-22(4)30(50-32(53)27(10-6-7-11-37)47-31(52)26(38)14-24-16-41-19-44-24)35(56)49-28(13-21(2)3)34(55)48-29(15-25-17-42-20-45-25)33(54)46-23(18-51)9-8-12-43-36(39)40/h16-23,26-30H,5-15,37-38H2,1-4H3,(H,41,44)(H,42,45)(H,46,54)(H,47,52)(H,48,55)(H,49,56)(H,50,53)(H4,39,40,43)/t22-,23-,26-,27-,28-,29-,30-/m0/s1. The van der Waals surface area contributed by atoms with Crippen LogP contribution in [0.5, 0.6) is 0 Å². The number of nitrogens with two attached hydrogens (primary N) is 4. The molecule has 20 heteroatoms. The Morgan fingerprint density at radius 2 is 1.36 bits per heavy atom. The van der Waals surface area contributed by atoms with Crippen LogP contribution >= 0.6 is 0 Å². The molecule has 0 saturated heterocycles. The first-order chi connectivity index (χ1) is 26.7. The molecule has 2 heterocycles. The summed E-state index contributed by atoms with van der Waals surface area (Å²) in [5, 5.41) is 13.8. The van der Waals surface area contributed by atoms with E-state index in [2.05, 4.69) is 51.5 Å². The summed E-state index contributed by atoms with van der Waals surface area (Å²) in [6.45, 7) is 8.04. The maximum Gasteiger partial charge on any atom is 0.243 e. The Hall–Kier alpha value is -5.37. The highest BCUT2D eigenvalue weighted by Crippen LogP contribution is 2.13. The smallest absolute Gasteiger partial charge is 0.243 e. The number of H-pyrrole nitrogens is 2. The van der Waals surface area contributed by atoms with Gasteiger partial charge < -0.3 is 64.3 Å². The van der Waals surface area contributed by atoms with Crippen LogP contribution in [0.2, 0.25) is 0 Å². The average molecular weight is 787 g/mol. The highest BCUT2D eigenvalue weighted by Gasteiger charge is 2.34. The number of nitrogens with zero attached hydrogens (tertiary/aromatic N) is 3. The van der Waals surface area contributed by atoms with Gasteiger partial charge in [0.1, 0.15) is 30.5 Å². The van der Waals surface area contributed by atoms with Crippen molar-refractivity contribution >= 4 is 41.8 Å². The van der Waals surface area contributed by atoms with Crippen molar-refractivity contribution in [2.75, 3.05) is 13.1 Å². The van der Waals surface area contributed by atoms with Crippen molar-refractivity contribution in [1.82, 2.24) is 46.5 Å².